The standard InChI is InChI=1S/C30H66O6S2Si2/c1-23(2,3)31-21(19-29(39,33-25(7,8)9)34-26(10,11)12)37-38-22(32-24(4,5)6)20-30(40,35-27(13,14)15)36-28(16,17)18/h21-22H,19-20H2,1-18,39-40H3. The Morgan fingerprint density at radius 2 is 0.600 bits per heavy atom. The summed E-state index contributed by atoms with van der Waals surface area (Å²) in [6.07, 6.45) is 1.21. The minimum absolute atomic E-state index is 0.186. The zero-order valence-electron chi connectivity index (χ0n) is 29.8. The van der Waals surface area contributed by atoms with E-state index in [0.29, 0.717) is 33.3 Å². The minimum atomic E-state index is -0.716. The van der Waals surface area contributed by atoms with Crippen LogP contribution in [0, 0.1) is 0 Å². The van der Waals surface area contributed by atoms with Crippen LogP contribution in [0.4, 0.5) is 0 Å². The van der Waals surface area contributed by atoms with Crippen molar-refractivity contribution in [2.24, 2.45) is 0 Å². The molecule has 0 aromatic carbocycles. The lowest BCUT2D eigenvalue weighted by Crippen LogP contribution is -2.50. The summed E-state index contributed by atoms with van der Waals surface area (Å²) in [4.78, 5) is 0. The van der Waals surface area contributed by atoms with Crippen LogP contribution in [-0.4, -0.2) is 75.8 Å². The third-order valence-corrected chi connectivity index (χ3v) is 8.72. The van der Waals surface area contributed by atoms with Crippen molar-refractivity contribution in [3.8, 4) is 0 Å². The van der Waals surface area contributed by atoms with Gasteiger partial charge < -0.3 is 28.4 Å². The van der Waals surface area contributed by atoms with Crippen LogP contribution >= 0.6 is 21.6 Å². The second kappa shape index (κ2) is 14.3. The van der Waals surface area contributed by atoms with E-state index in [1.807, 2.05) is 0 Å². The fourth-order valence-corrected chi connectivity index (χ4v) is 11.3. The van der Waals surface area contributed by atoms with Gasteiger partial charge in [-0.1, -0.05) is 21.6 Å². The van der Waals surface area contributed by atoms with Crippen molar-refractivity contribution in [3.05, 3.63) is 0 Å². The van der Waals surface area contributed by atoms with Crippen LogP contribution in [0.15, 0.2) is 0 Å². The molecule has 0 rings (SSSR count). The van der Waals surface area contributed by atoms with Crippen molar-refractivity contribution >= 4 is 42.1 Å². The Bertz CT molecular complexity index is 657. The highest BCUT2D eigenvalue weighted by Gasteiger charge is 2.42. The monoisotopic (exact) mass is 642 g/mol. The quantitative estimate of drug-likeness (QED) is 0.125. The number of rotatable bonds is 13. The molecule has 0 aliphatic carbocycles. The van der Waals surface area contributed by atoms with Gasteiger partial charge in [-0.3, -0.25) is 0 Å². The summed E-state index contributed by atoms with van der Waals surface area (Å²) in [5.74, 6) is 0. The molecule has 0 bridgehead atoms. The summed E-state index contributed by atoms with van der Waals surface area (Å²) in [7, 11) is 4.75. The smallest absolute Gasteiger partial charge is 0.146 e. The molecule has 0 aliphatic heterocycles. The first kappa shape index (κ1) is 40.9. The first-order valence-corrected chi connectivity index (χ1v) is 19.0. The molecule has 0 fully saturated rings. The van der Waals surface area contributed by atoms with Crippen molar-refractivity contribution in [1.82, 2.24) is 0 Å². The van der Waals surface area contributed by atoms with Gasteiger partial charge >= 0.3 is 0 Å². The normalized spacial score (nSPS) is 16.9. The Balaban J connectivity index is 6.26. The van der Waals surface area contributed by atoms with Crippen molar-refractivity contribution in [2.75, 3.05) is 0 Å². The van der Waals surface area contributed by atoms with E-state index < -0.39 is 10.8 Å². The second-order valence-electron chi connectivity index (χ2n) is 17.0. The third kappa shape index (κ3) is 22.4. The van der Waals surface area contributed by atoms with Gasteiger partial charge in [-0.2, -0.15) is 0 Å². The average Bonchev–Trinajstić information content (AvgIpc) is 2.48. The van der Waals surface area contributed by atoms with Gasteiger partial charge in [0.05, 0.1) is 54.1 Å². The summed E-state index contributed by atoms with van der Waals surface area (Å²) in [5, 5.41) is 0. The van der Waals surface area contributed by atoms with Crippen LogP contribution in [0.2, 0.25) is 0 Å². The van der Waals surface area contributed by atoms with Crippen LogP contribution in [0.5, 0.6) is 0 Å². The minimum Gasteiger partial charge on any atom is -0.361 e. The van der Waals surface area contributed by atoms with Gasteiger partial charge in [-0.15, -0.1) is 0 Å². The largest absolute Gasteiger partial charge is 0.361 e. The van der Waals surface area contributed by atoms with E-state index in [0.717, 1.165) is 0 Å². The Morgan fingerprint density at radius 3 is 0.750 bits per heavy atom. The average molecular weight is 643 g/mol. The lowest BCUT2D eigenvalue weighted by atomic mass is 10.1. The molecule has 0 N–H and O–H groups in total. The van der Waals surface area contributed by atoms with E-state index in [4.69, 9.17) is 28.4 Å². The van der Waals surface area contributed by atoms with Crippen molar-refractivity contribution < 1.29 is 28.4 Å². The molecule has 2 atom stereocenters. The van der Waals surface area contributed by atoms with Crippen LogP contribution < -0.4 is 0 Å². The molecular formula is C30H66O6S2Si2. The molecule has 0 aromatic rings. The van der Waals surface area contributed by atoms with Crippen LogP contribution in [0.1, 0.15) is 137 Å². The van der Waals surface area contributed by atoms with E-state index in [1.165, 1.54) is 0 Å². The van der Waals surface area contributed by atoms with E-state index in [1.54, 1.807) is 21.6 Å². The maximum atomic E-state index is 6.63. The molecule has 0 aliphatic rings. The molecule has 242 valence electrons. The lowest BCUT2D eigenvalue weighted by molar-refractivity contribution is -0.273. The van der Waals surface area contributed by atoms with E-state index in [-0.39, 0.29) is 44.5 Å². The maximum absolute atomic E-state index is 6.63. The number of hydrogen-bond acceptors (Lipinski definition) is 8. The van der Waals surface area contributed by atoms with Crippen LogP contribution in [0.3, 0.4) is 0 Å². The molecule has 0 saturated heterocycles. The van der Waals surface area contributed by atoms with Gasteiger partial charge in [0.25, 0.3) is 0 Å². The predicted octanol–water partition coefficient (Wildman–Crippen LogP) is 6.73. The van der Waals surface area contributed by atoms with Gasteiger partial charge in [0, 0.05) is 12.8 Å². The number of ether oxygens (including phenoxy) is 6. The van der Waals surface area contributed by atoms with Crippen molar-refractivity contribution in [2.45, 2.75) is 193 Å². The Morgan fingerprint density at radius 1 is 0.400 bits per heavy atom. The highest BCUT2D eigenvalue weighted by molar-refractivity contribution is 8.77. The van der Waals surface area contributed by atoms with Gasteiger partial charge in [-0.25, -0.2) is 0 Å². The van der Waals surface area contributed by atoms with Crippen LogP contribution in [0.25, 0.3) is 0 Å². The number of hydrogen-bond donors (Lipinski definition) is 0. The molecule has 0 saturated carbocycles. The fourth-order valence-electron chi connectivity index (χ4n) is 4.51. The van der Waals surface area contributed by atoms with E-state index in [2.05, 4.69) is 125 Å². The topological polar surface area (TPSA) is 55.4 Å². The molecule has 0 aromatic heterocycles. The van der Waals surface area contributed by atoms with Gasteiger partial charge in [-0.05, 0) is 125 Å². The highest BCUT2D eigenvalue weighted by atomic mass is 33.1. The zero-order valence-corrected chi connectivity index (χ0v) is 35.5. The fraction of sp³-hybridized carbons (Fsp3) is 1.00. The maximum Gasteiger partial charge on any atom is 0.146 e. The van der Waals surface area contributed by atoms with Gasteiger partial charge in [0.2, 0.25) is 0 Å². The molecule has 40 heavy (non-hydrogen) atoms. The highest BCUT2D eigenvalue weighted by Crippen LogP contribution is 2.44. The summed E-state index contributed by atoms with van der Waals surface area (Å²) >= 11 is 0. The molecule has 0 spiro atoms. The lowest BCUT2D eigenvalue weighted by Gasteiger charge is -2.44. The van der Waals surface area contributed by atoms with Gasteiger partial charge in [0.15, 0.2) is 0 Å². The third-order valence-electron chi connectivity index (χ3n) is 4.40. The molecule has 6 nitrogen and oxygen atoms in total. The SMILES string of the molecule is CC(C)(C)OC(CC([SiH3])(OC(C)(C)C)OC(C)(C)C)SSC(CC([SiH3])(OC(C)(C)C)OC(C)(C)C)OC(C)(C)C. The molecule has 0 heterocycles. The molecule has 2 unspecified atom stereocenters. The van der Waals surface area contributed by atoms with Crippen LogP contribution in [-0.2, 0) is 28.4 Å². The Labute approximate surface area is 262 Å². The summed E-state index contributed by atoms with van der Waals surface area (Å²) < 4.78 is 39.6. The molecular weight excluding hydrogens is 577 g/mol. The summed E-state index contributed by atoms with van der Waals surface area (Å²) in [6.45, 7) is 37.5. The molecule has 10 heteroatoms. The van der Waals surface area contributed by atoms with E-state index >= 15 is 0 Å². The second-order valence-corrected chi connectivity index (χ2v) is 22.7. The van der Waals surface area contributed by atoms with E-state index in [9.17, 15) is 0 Å². The summed E-state index contributed by atoms with van der Waals surface area (Å²) in [6, 6.07) is 0. The predicted molar refractivity (Wildman–Crippen MR) is 182 cm³/mol. The summed E-state index contributed by atoms with van der Waals surface area (Å²) in [5.41, 5.74) is -3.88. The first-order valence-electron chi connectivity index (χ1n) is 14.7. The molecule has 0 radical (unpaired) electrons. The zero-order chi connectivity index (χ0) is 32.2. The van der Waals surface area contributed by atoms with Gasteiger partial charge in [0.1, 0.15) is 21.7 Å². The van der Waals surface area contributed by atoms with Crippen molar-refractivity contribution in [1.29, 1.82) is 0 Å². The Hall–Kier alpha value is 0.894. The first-order chi connectivity index (χ1) is 17.2. The van der Waals surface area contributed by atoms with Crippen molar-refractivity contribution in [3.63, 3.8) is 0 Å². The Kier molecular flexibility index (Phi) is 14.7. The molecule has 0 amide bonds.